The molecule has 0 aliphatic heterocycles. The van der Waals surface area contributed by atoms with Crippen molar-refractivity contribution < 1.29 is 18.3 Å². The first kappa shape index (κ1) is 15.8. The van der Waals surface area contributed by atoms with Crippen LogP contribution in [0.25, 0.3) is 0 Å². The van der Waals surface area contributed by atoms with Gasteiger partial charge in [-0.1, -0.05) is 31.1 Å². The lowest BCUT2D eigenvalue weighted by molar-refractivity contribution is -0.137. The summed E-state index contributed by atoms with van der Waals surface area (Å²) in [4.78, 5) is 0. The Hall–Kier alpha value is -1.29. The van der Waals surface area contributed by atoms with Crippen LogP contribution in [0.4, 0.5) is 13.2 Å². The Morgan fingerprint density at radius 2 is 1.95 bits per heavy atom. The van der Waals surface area contributed by atoms with Gasteiger partial charge in [0.05, 0.1) is 11.7 Å². The predicted molar refractivity (Wildman–Crippen MR) is 69.7 cm³/mol. The lowest BCUT2D eigenvalue weighted by Crippen LogP contribution is -2.06. The SMILES string of the molecule is C=CCCCCCC(O)c1cccc(C(F)(F)F)c1. The van der Waals surface area contributed by atoms with E-state index in [-0.39, 0.29) is 0 Å². The third kappa shape index (κ3) is 5.47. The molecule has 1 rings (SSSR count). The number of aliphatic hydroxyl groups excluding tert-OH is 1. The number of hydrogen-bond donors (Lipinski definition) is 1. The molecule has 0 aromatic heterocycles. The minimum absolute atomic E-state index is 0.332. The number of benzene rings is 1. The van der Waals surface area contributed by atoms with Gasteiger partial charge in [0.25, 0.3) is 0 Å². The Balaban J connectivity index is 2.52. The van der Waals surface area contributed by atoms with E-state index in [4.69, 9.17) is 0 Å². The quantitative estimate of drug-likeness (QED) is 0.554. The number of unbranched alkanes of at least 4 members (excludes halogenated alkanes) is 3. The molecular formula is C15H19F3O. The van der Waals surface area contributed by atoms with E-state index >= 15 is 0 Å². The van der Waals surface area contributed by atoms with Gasteiger partial charge in [-0.15, -0.1) is 6.58 Å². The van der Waals surface area contributed by atoms with Crippen LogP contribution in [-0.4, -0.2) is 5.11 Å². The summed E-state index contributed by atoms with van der Waals surface area (Å²) < 4.78 is 37.6. The summed E-state index contributed by atoms with van der Waals surface area (Å²) in [6.07, 6.45) is 0.804. The summed E-state index contributed by atoms with van der Waals surface area (Å²) in [6, 6.07) is 4.90. The maximum atomic E-state index is 12.5. The molecule has 0 saturated heterocycles. The average Bonchev–Trinajstić information content (AvgIpc) is 2.37. The highest BCUT2D eigenvalue weighted by Gasteiger charge is 2.30. The molecule has 1 N–H and O–H groups in total. The van der Waals surface area contributed by atoms with Crippen molar-refractivity contribution in [2.75, 3.05) is 0 Å². The molecule has 0 amide bonds. The number of halogens is 3. The van der Waals surface area contributed by atoms with Crippen LogP contribution in [0.1, 0.15) is 49.3 Å². The second kappa shape index (κ2) is 7.34. The number of alkyl halides is 3. The molecule has 0 spiro atoms. The van der Waals surface area contributed by atoms with Crippen LogP contribution in [0.3, 0.4) is 0 Å². The van der Waals surface area contributed by atoms with Gasteiger partial charge in [0.1, 0.15) is 0 Å². The molecule has 106 valence electrons. The van der Waals surface area contributed by atoms with Crippen molar-refractivity contribution in [3.05, 3.63) is 48.0 Å². The zero-order chi connectivity index (χ0) is 14.3. The average molecular weight is 272 g/mol. The van der Waals surface area contributed by atoms with Gasteiger partial charge in [0, 0.05) is 0 Å². The van der Waals surface area contributed by atoms with E-state index < -0.39 is 17.8 Å². The first-order chi connectivity index (χ1) is 8.95. The van der Waals surface area contributed by atoms with Gasteiger partial charge < -0.3 is 5.11 Å². The van der Waals surface area contributed by atoms with Crippen LogP contribution >= 0.6 is 0 Å². The maximum absolute atomic E-state index is 12.5. The molecule has 1 atom stereocenters. The molecule has 0 radical (unpaired) electrons. The van der Waals surface area contributed by atoms with Crippen LogP contribution in [-0.2, 0) is 6.18 Å². The van der Waals surface area contributed by atoms with Gasteiger partial charge in [-0.25, -0.2) is 0 Å². The zero-order valence-electron chi connectivity index (χ0n) is 10.8. The summed E-state index contributed by atoms with van der Waals surface area (Å²) in [6.45, 7) is 3.62. The lowest BCUT2D eigenvalue weighted by atomic mass is 10.0. The number of allylic oxidation sites excluding steroid dienone is 1. The van der Waals surface area contributed by atoms with Crippen molar-refractivity contribution in [3.63, 3.8) is 0 Å². The summed E-state index contributed by atoms with van der Waals surface area (Å²) >= 11 is 0. The second-order valence-electron chi connectivity index (χ2n) is 4.57. The molecule has 1 nitrogen and oxygen atoms in total. The van der Waals surface area contributed by atoms with Crippen LogP contribution in [0.2, 0.25) is 0 Å². The Labute approximate surface area is 111 Å². The van der Waals surface area contributed by atoms with Crippen molar-refractivity contribution in [3.8, 4) is 0 Å². The van der Waals surface area contributed by atoms with Crippen molar-refractivity contribution in [1.29, 1.82) is 0 Å². The molecule has 0 aliphatic rings. The van der Waals surface area contributed by atoms with Crippen molar-refractivity contribution in [1.82, 2.24) is 0 Å². The van der Waals surface area contributed by atoms with Crippen LogP contribution in [0.5, 0.6) is 0 Å². The minimum Gasteiger partial charge on any atom is -0.388 e. The third-order valence-electron chi connectivity index (χ3n) is 2.98. The van der Waals surface area contributed by atoms with E-state index in [9.17, 15) is 18.3 Å². The molecule has 0 bridgehead atoms. The van der Waals surface area contributed by atoms with Crippen molar-refractivity contribution in [2.45, 2.75) is 44.4 Å². The smallest absolute Gasteiger partial charge is 0.388 e. The van der Waals surface area contributed by atoms with Gasteiger partial charge >= 0.3 is 6.18 Å². The molecule has 1 unspecified atom stereocenters. The maximum Gasteiger partial charge on any atom is 0.416 e. The minimum atomic E-state index is -4.36. The van der Waals surface area contributed by atoms with Gasteiger partial charge in [-0.3, -0.25) is 0 Å². The first-order valence-electron chi connectivity index (χ1n) is 6.41. The molecule has 1 aromatic carbocycles. The molecule has 0 aliphatic carbocycles. The Bertz CT molecular complexity index is 399. The summed E-state index contributed by atoms with van der Waals surface area (Å²) in [5, 5.41) is 9.88. The number of aliphatic hydroxyl groups is 1. The van der Waals surface area contributed by atoms with Gasteiger partial charge in [0.15, 0.2) is 0 Å². The second-order valence-corrected chi connectivity index (χ2v) is 4.57. The number of rotatable bonds is 7. The highest BCUT2D eigenvalue weighted by molar-refractivity contribution is 5.27. The third-order valence-corrected chi connectivity index (χ3v) is 2.98. The molecule has 0 fully saturated rings. The van der Waals surface area contributed by atoms with Crippen molar-refractivity contribution >= 4 is 0 Å². The fourth-order valence-electron chi connectivity index (χ4n) is 1.89. The summed E-state index contributed by atoms with van der Waals surface area (Å²) in [5.74, 6) is 0. The van der Waals surface area contributed by atoms with Crippen LogP contribution < -0.4 is 0 Å². The highest BCUT2D eigenvalue weighted by Crippen LogP contribution is 2.31. The molecule has 0 heterocycles. The Kier molecular flexibility index (Phi) is 6.09. The van der Waals surface area contributed by atoms with E-state index in [2.05, 4.69) is 6.58 Å². The van der Waals surface area contributed by atoms with E-state index in [1.807, 2.05) is 6.08 Å². The fraction of sp³-hybridized carbons (Fsp3) is 0.467. The van der Waals surface area contributed by atoms with Crippen LogP contribution in [0, 0.1) is 0 Å². The van der Waals surface area contributed by atoms with Crippen LogP contribution in [0.15, 0.2) is 36.9 Å². The molecule has 19 heavy (non-hydrogen) atoms. The van der Waals surface area contributed by atoms with Gasteiger partial charge in [-0.2, -0.15) is 13.2 Å². The van der Waals surface area contributed by atoms with E-state index in [1.165, 1.54) is 12.1 Å². The Morgan fingerprint density at radius 1 is 1.21 bits per heavy atom. The highest BCUT2D eigenvalue weighted by atomic mass is 19.4. The topological polar surface area (TPSA) is 20.2 Å². The zero-order valence-corrected chi connectivity index (χ0v) is 10.8. The van der Waals surface area contributed by atoms with Gasteiger partial charge in [0.2, 0.25) is 0 Å². The largest absolute Gasteiger partial charge is 0.416 e. The normalized spacial score (nSPS) is 13.3. The standard InChI is InChI=1S/C15H19F3O/c1-2-3-4-5-6-10-14(19)12-8-7-9-13(11-12)15(16,17)18/h2,7-9,11,14,19H,1,3-6,10H2. The molecule has 1 aromatic rings. The van der Waals surface area contributed by atoms with E-state index in [1.54, 1.807) is 0 Å². The molecular weight excluding hydrogens is 253 g/mol. The molecule has 4 heteroatoms. The summed E-state index contributed by atoms with van der Waals surface area (Å²) in [5.41, 5.74) is -0.380. The van der Waals surface area contributed by atoms with E-state index in [0.717, 1.165) is 37.8 Å². The van der Waals surface area contributed by atoms with Crippen molar-refractivity contribution in [2.24, 2.45) is 0 Å². The van der Waals surface area contributed by atoms with E-state index in [0.29, 0.717) is 12.0 Å². The van der Waals surface area contributed by atoms with Gasteiger partial charge in [-0.05, 0) is 37.0 Å². The first-order valence-corrected chi connectivity index (χ1v) is 6.41. The monoisotopic (exact) mass is 272 g/mol. The Morgan fingerprint density at radius 3 is 2.58 bits per heavy atom. The summed E-state index contributed by atoms with van der Waals surface area (Å²) in [7, 11) is 0. The molecule has 0 saturated carbocycles. The number of hydrogen-bond acceptors (Lipinski definition) is 1. The fourth-order valence-corrected chi connectivity index (χ4v) is 1.89. The lowest BCUT2D eigenvalue weighted by Gasteiger charge is -2.13. The predicted octanol–water partition coefficient (Wildman–Crippen LogP) is 4.88.